The smallest absolute Gasteiger partial charge is 0.234 e. The number of nitrogens with one attached hydrogen (secondary N) is 1. The maximum Gasteiger partial charge on any atom is 0.234 e. The largest absolute Gasteiger partial charge is 0.457 e. The van der Waals surface area contributed by atoms with Crippen LogP contribution in [0.2, 0.25) is 0 Å². The van der Waals surface area contributed by atoms with E-state index in [1.54, 1.807) is 0 Å². The molecule has 6 heteroatoms. The van der Waals surface area contributed by atoms with Gasteiger partial charge in [-0.2, -0.15) is 0 Å². The summed E-state index contributed by atoms with van der Waals surface area (Å²) in [4.78, 5) is 29.5. The van der Waals surface area contributed by atoms with Gasteiger partial charge in [-0.05, 0) is 18.6 Å². The Morgan fingerprint density at radius 2 is 1.55 bits per heavy atom. The highest BCUT2D eigenvalue weighted by atomic mass is 16.5. The normalized spacial score (nSPS) is 16.5. The van der Waals surface area contributed by atoms with Crippen LogP contribution in [0.25, 0.3) is 0 Å². The fraction of sp³-hybridized carbons (Fsp3) is 0.391. The molecule has 6 nitrogen and oxygen atoms in total. The zero-order chi connectivity index (χ0) is 20.2. The summed E-state index contributed by atoms with van der Waals surface area (Å²) in [5.41, 5.74) is 1.83. The fourth-order valence-corrected chi connectivity index (χ4v) is 4.01. The van der Waals surface area contributed by atoms with Crippen LogP contribution in [-0.4, -0.2) is 60.9 Å². The molecule has 1 fully saturated rings. The molecule has 2 aromatic carbocycles. The molecule has 29 heavy (non-hydrogen) atoms. The van der Waals surface area contributed by atoms with Gasteiger partial charge < -0.3 is 15.0 Å². The van der Waals surface area contributed by atoms with Gasteiger partial charge in [0.2, 0.25) is 11.8 Å². The molecule has 0 bridgehead atoms. The molecular weight excluding hydrogens is 366 g/mol. The van der Waals surface area contributed by atoms with Crippen LogP contribution >= 0.6 is 0 Å². The van der Waals surface area contributed by atoms with Gasteiger partial charge in [-0.15, -0.1) is 0 Å². The summed E-state index contributed by atoms with van der Waals surface area (Å²) in [5.74, 6) is 1.30. The molecule has 2 aliphatic heterocycles. The van der Waals surface area contributed by atoms with Crippen molar-refractivity contribution < 1.29 is 14.3 Å². The first-order valence-corrected chi connectivity index (χ1v) is 10.3. The molecule has 0 unspecified atom stereocenters. The monoisotopic (exact) mass is 393 g/mol. The summed E-state index contributed by atoms with van der Waals surface area (Å²) in [5, 5.41) is 2.91. The van der Waals surface area contributed by atoms with Gasteiger partial charge in [0.25, 0.3) is 0 Å². The Bertz CT molecular complexity index is 845. The Morgan fingerprint density at radius 3 is 2.14 bits per heavy atom. The van der Waals surface area contributed by atoms with E-state index >= 15 is 0 Å². The minimum Gasteiger partial charge on any atom is -0.457 e. The first kappa shape index (κ1) is 19.5. The molecular formula is C23H27N3O3. The molecule has 0 atom stereocenters. The van der Waals surface area contributed by atoms with E-state index in [0.29, 0.717) is 39.3 Å². The number of carbonyl (C=O) groups is 2. The maximum atomic E-state index is 13.5. The summed E-state index contributed by atoms with van der Waals surface area (Å²) in [6, 6.07) is 15.5. The molecule has 0 radical (unpaired) electrons. The van der Waals surface area contributed by atoms with Gasteiger partial charge >= 0.3 is 0 Å². The van der Waals surface area contributed by atoms with Crippen LogP contribution in [0.4, 0.5) is 0 Å². The minimum atomic E-state index is -0.351. The molecule has 0 aromatic heterocycles. The Hall–Kier alpha value is -2.86. The quantitative estimate of drug-likeness (QED) is 0.848. The molecule has 2 aliphatic rings. The predicted octanol–water partition coefficient (Wildman–Crippen LogP) is 2.59. The van der Waals surface area contributed by atoms with E-state index in [4.69, 9.17) is 4.74 Å². The summed E-state index contributed by atoms with van der Waals surface area (Å²) in [6.07, 6.45) is 0.933. The molecule has 1 saturated heterocycles. The maximum absolute atomic E-state index is 13.5. The van der Waals surface area contributed by atoms with Crippen molar-refractivity contribution in [1.29, 1.82) is 0 Å². The molecule has 1 N–H and O–H groups in total. The molecule has 0 spiro atoms. The summed E-state index contributed by atoms with van der Waals surface area (Å²) in [6.45, 7) is 5.81. The lowest BCUT2D eigenvalue weighted by molar-refractivity contribution is -0.134. The van der Waals surface area contributed by atoms with Gasteiger partial charge in [0.05, 0.1) is 12.5 Å². The number of hydrogen-bond donors (Lipinski definition) is 1. The number of fused-ring (bicyclic) bond motifs is 2. The summed E-state index contributed by atoms with van der Waals surface area (Å²) in [7, 11) is 0. The van der Waals surface area contributed by atoms with Gasteiger partial charge in [0.1, 0.15) is 11.5 Å². The van der Waals surface area contributed by atoms with Crippen molar-refractivity contribution in [2.24, 2.45) is 0 Å². The summed E-state index contributed by atoms with van der Waals surface area (Å²) < 4.78 is 6.01. The van der Waals surface area contributed by atoms with Crippen LogP contribution in [0.3, 0.4) is 0 Å². The highest BCUT2D eigenvalue weighted by Crippen LogP contribution is 2.44. The predicted molar refractivity (Wildman–Crippen MR) is 111 cm³/mol. The molecule has 0 aliphatic carbocycles. The second-order valence-electron chi connectivity index (χ2n) is 7.56. The second kappa shape index (κ2) is 8.66. The van der Waals surface area contributed by atoms with E-state index in [0.717, 1.165) is 29.0 Å². The minimum absolute atomic E-state index is 0.0545. The first-order chi connectivity index (χ1) is 14.2. The van der Waals surface area contributed by atoms with Crippen molar-refractivity contribution in [2.75, 3.05) is 39.3 Å². The van der Waals surface area contributed by atoms with Gasteiger partial charge in [-0.25, -0.2) is 0 Å². The van der Waals surface area contributed by atoms with Crippen LogP contribution in [0.1, 0.15) is 30.4 Å². The van der Waals surface area contributed by atoms with Crippen molar-refractivity contribution in [2.45, 2.75) is 19.3 Å². The van der Waals surface area contributed by atoms with Gasteiger partial charge in [0.15, 0.2) is 0 Å². The SMILES string of the molecule is CCCNC(=O)CN1CCN(C(=O)C2c3ccccc3Oc3ccccc32)CC1. The van der Waals surface area contributed by atoms with E-state index in [9.17, 15) is 9.59 Å². The molecule has 4 rings (SSSR count). The first-order valence-electron chi connectivity index (χ1n) is 10.3. The van der Waals surface area contributed by atoms with Crippen molar-refractivity contribution in [3.63, 3.8) is 0 Å². The van der Waals surface area contributed by atoms with E-state index in [1.165, 1.54) is 0 Å². The standard InChI is InChI=1S/C23H27N3O3/c1-2-11-24-21(27)16-25-12-14-26(15-13-25)23(28)22-17-7-3-5-9-19(17)29-20-10-6-4-8-18(20)22/h3-10,22H,2,11-16H2,1H3,(H,24,27). The van der Waals surface area contributed by atoms with Crippen molar-refractivity contribution >= 4 is 11.8 Å². The third-order valence-electron chi connectivity index (χ3n) is 5.55. The third-order valence-corrected chi connectivity index (χ3v) is 5.55. The van der Waals surface area contributed by atoms with Crippen LogP contribution < -0.4 is 10.1 Å². The second-order valence-corrected chi connectivity index (χ2v) is 7.56. The van der Waals surface area contributed by atoms with E-state index in [1.807, 2.05) is 60.4 Å². The number of benzene rings is 2. The van der Waals surface area contributed by atoms with Gasteiger partial charge in [-0.3, -0.25) is 14.5 Å². The highest BCUT2D eigenvalue weighted by Gasteiger charge is 2.36. The number of amides is 2. The molecule has 0 saturated carbocycles. The highest BCUT2D eigenvalue weighted by molar-refractivity contribution is 5.89. The number of ether oxygens (including phenoxy) is 1. The average Bonchev–Trinajstić information content (AvgIpc) is 2.76. The number of nitrogens with zero attached hydrogens (tertiary/aromatic N) is 2. The topological polar surface area (TPSA) is 61.9 Å². The molecule has 2 amide bonds. The number of carbonyl (C=O) groups excluding carboxylic acids is 2. The fourth-order valence-electron chi connectivity index (χ4n) is 4.01. The van der Waals surface area contributed by atoms with Crippen molar-refractivity contribution in [1.82, 2.24) is 15.1 Å². The number of rotatable bonds is 5. The zero-order valence-electron chi connectivity index (χ0n) is 16.8. The van der Waals surface area contributed by atoms with E-state index in [2.05, 4.69) is 10.2 Å². The zero-order valence-corrected chi connectivity index (χ0v) is 16.8. The Labute approximate surface area is 171 Å². The lowest BCUT2D eigenvalue weighted by Crippen LogP contribution is -2.52. The third kappa shape index (κ3) is 4.12. The average molecular weight is 393 g/mol. The molecule has 152 valence electrons. The van der Waals surface area contributed by atoms with Gasteiger partial charge in [-0.1, -0.05) is 43.3 Å². The molecule has 2 heterocycles. The van der Waals surface area contributed by atoms with Crippen molar-refractivity contribution in [3.05, 3.63) is 59.7 Å². The van der Waals surface area contributed by atoms with E-state index in [-0.39, 0.29) is 17.7 Å². The Balaban J connectivity index is 1.46. The summed E-state index contributed by atoms with van der Waals surface area (Å²) >= 11 is 0. The van der Waals surface area contributed by atoms with E-state index < -0.39 is 0 Å². The van der Waals surface area contributed by atoms with Crippen LogP contribution in [0, 0.1) is 0 Å². The lowest BCUT2D eigenvalue weighted by atomic mass is 9.86. The van der Waals surface area contributed by atoms with Crippen LogP contribution in [0.5, 0.6) is 11.5 Å². The Kier molecular flexibility index (Phi) is 5.81. The number of piperazine rings is 1. The Morgan fingerprint density at radius 1 is 0.966 bits per heavy atom. The molecule has 2 aromatic rings. The lowest BCUT2D eigenvalue weighted by Gasteiger charge is -2.37. The number of hydrogen-bond acceptors (Lipinski definition) is 4. The number of para-hydroxylation sites is 2. The van der Waals surface area contributed by atoms with Crippen LogP contribution in [0.15, 0.2) is 48.5 Å². The van der Waals surface area contributed by atoms with Crippen molar-refractivity contribution in [3.8, 4) is 11.5 Å². The van der Waals surface area contributed by atoms with Gasteiger partial charge in [0, 0.05) is 43.9 Å². The van der Waals surface area contributed by atoms with Crippen LogP contribution in [-0.2, 0) is 9.59 Å².